The van der Waals surface area contributed by atoms with Crippen LogP contribution in [0.1, 0.15) is 40.1 Å². The van der Waals surface area contributed by atoms with E-state index in [1.807, 2.05) is 0 Å². The van der Waals surface area contributed by atoms with E-state index in [0.717, 1.165) is 30.9 Å². The molecule has 1 fully saturated rings. The second-order valence-corrected chi connectivity index (χ2v) is 4.99. The van der Waals surface area contributed by atoms with Gasteiger partial charge in [-0.3, -0.25) is 10.1 Å². The van der Waals surface area contributed by atoms with E-state index in [9.17, 15) is 4.79 Å². The molecule has 100 valence electrons. The molecule has 2 aromatic heterocycles. The fourth-order valence-corrected chi connectivity index (χ4v) is 2.47. The third kappa shape index (κ3) is 2.47. The van der Waals surface area contributed by atoms with Crippen LogP contribution in [-0.4, -0.2) is 32.2 Å². The van der Waals surface area contributed by atoms with Crippen molar-refractivity contribution in [1.82, 2.24) is 25.1 Å². The molecule has 1 unspecified atom stereocenters. The summed E-state index contributed by atoms with van der Waals surface area (Å²) in [5.74, 6) is 0.175. The van der Waals surface area contributed by atoms with Crippen molar-refractivity contribution in [2.24, 2.45) is 0 Å². The zero-order valence-corrected chi connectivity index (χ0v) is 11.0. The summed E-state index contributed by atoms with van der Waals surface area (Å²) in [6, 6.07) is 0.187. The largest absolute Gasteiger partial charge is 0.406 e. The lowest BCUT2D eigenvalue weighted by Crippen LogP contribution is -2.13. The van der Waals surface area contributed by atoms with E-state index in [1.165, 1.54) is 0 Å². The monoisotopic (exact) mass is 280 g/mol. The molecule has 8 nitrogen and oxygen atoms in total. The minimum Gasteiger partial charge on any atom is -0.406 e. The van der Waals surface area contributed by atoms with Crippen LogP contribution in [0.4, 0.5) is 6.01 Å². The van der Waals surface area contributed by atoms with Crippen LogP contribution in [0.2, 0.25) is 0 Å². The molecule has 0 bridgehead atoms. The average molecular weight is 280 g/mol. The number of nitrogens with one attached hydrogen (secondary N) is 2. The molecular weight excluding hydrogens is 268 g/mol. The molecule has 0 radical (unpaired) electrons. The molecular formula is C10H12N6O2S. The summed E-state index contributed by atoms with van der Waals surface area (Å²) in [6.45, 7) is 2.67. The number of hydrogen-bond donors (Lipinski definition) is 2. The molecule has 3 heterocycles. The molecule has 2 aromatic rings. The lowest BCUT2D eigenvalue weighted by atomic mass is 10.2. The average Bonchev–Trinajstić information content (AvgIpc) is 3.07. The maximum atomic E-state index is 11.9. The van der Waals surface area contributed by atoms with Gasteiger partial charge in [0.2, 0.25) is 5.89 Å². The minimum atomic E-state index is -0.331. The Bertz CT molecular complexity index is 588. The molecule has 0 saturated carbocycles. The van der Waals surface area contributed by atoms with E-state index in [0.29, 0.717) is 16.5 Å². The number of amides is 1. The Morgan fingerprint density at radius 2 is 2.37 bits per heavy atom. The Morgan fingerprint density at radius 3 is 3.05 bits per heavy atom. The summed E-state index contributed by atoms with van der Waals surface area (Å²) in [5, 5.41) is 17.3. The highest BCUT2D eigenvalue weighted by Crippen LogP contribution is 2.23. The van der Waals surface area contributed by atoms with Gasteiger partial charge in [0, 0.05) is 0 Å². The van der Waals surface area contributed by atoms with E-state index in [-0.39, 0.29) is 18.0 Å². The maximum Gasteiger partial charge on any atom is 0.322 e. The molecule has 2 N–H and O–H groups in total. The molecule has 1 aliphatic heterocycles. The predicted molar refractivity (Wildman–Crippen MR) is 66.9 cm³/mol. The number of carbonyl (C=O) groups excluding carboxylic acids is 1. The zero-order chi connectivity index (χ0) is 13.2. The summed E-state index contributed by atoms with van der Waals surface area (Å²) in [6.07, 6.45) is 2.05. The van der Waals surface area contributed by atoms with Crippen LogP contribution >= 0.6 is 11.5 Å². The first-order valence-electron chi connectivity index (χ1n) is 5.91. The third-order valence-corrected chi connectivity index (χ3v) is 3.70. The van der Waals surface area contributed by atoms with Crippen LogP contribution in [0, 0.1) is 6.92 Å². The van der Waals surface area contributed by atoms with E-state index in [4.69, 9.17) is 4.42 Å². The maximum absolute atomic E-state index is 11.9. The molecule has 1 amide bonds. The van der Waals surface area contributed by atoms with Gasteiger partial charge in [-0.05, 0) is 37.8 Å². The van der Waals surface area contributed by atoms with Gasteiger partial charge in [0.15, 0.2) is 0 Å². The lowest BCUT2D eigenvalue weighted by molar-refractivity contribution is 0.102. The highest BCUT2D eigenvalue weighted by Gasteiger charge is 2.23. The molecule has 19 heavy (non-hydrogen) atoms. The molecule has 9 heteroatoms. The van der Waals surface area contributed by atoms with Gasteiger partial charge in [-0.15, -0.1) is 10.2 Å². The van der Waals surface area contributed by atoms with Crippen LogP contribution in [0.5, 0.6) is 0 Å². The summed E-state index contributed by atoms with van der Waals surface area (Å²) in [7, 11) is 0. The fraction of sp³-hybridized carbons (Fsp3) is 0.500. The van der Waals surface area contributed by atoms with Crippen molar-refractivity contribution in [2.75, 3.05) is 11.9 Å². The van der Waals surface area contributed by atoms with Crippen molar-refractivity contribution in [3.05, 3.63) is 16.5 Å². The highest BCUT2D eigenvalue weighted by atomic mass is 32.1. The van der Waals surface area contributed by atoms with E-state index < -0.39 is 0 Å². The number of aryl methyl sites for hydroxylation is 1. The predicted octanol–water partition coefficient (Wildman–Crippen LogP) is 0.906. The van der Waals surface area contributed by atoms with Crippen molar-refractivity contribution in [1.29, 1.82) is 0 Å². The van der Waals surface area contributed by atoms with Crippen molar-refractivity contribution in [3.8, 4) is 0 Å². The van der Waals surface area contributed by atoms with Crippen LogP contribution in [0.15, 0.2) is 4.42 Å². The fourth-order valence-electron chi connectivity index (χ4n) is 1.91. The number of nitrogens with zero attached hydrogens (tertiary/aromatic N) is 4. The Labute approximate surface area is 112 Å². The van der Waals surface area contributed by atoms with Gasteiger partial charge in [0.1, 0.15) is 4.88 Å². The molecule has 0 aromatic carbocycles. The van der Waals surface area contributed by atoms with E-state index >= 15 is 0 Å². The topological polar surface area (TPSA) is 106 Å². The molecule has 1 aliphatic rings. The minimum absolute atomic E-state index is 0.0879. The summed E-state index contributed by atoms with van der Waals surface area (Å²) < 4.78 is 9.13. The van der Waals surface area contributed by atoms with Crippen LogP contribution < -0.4 is 10.6 Å². The van der Waals surface area contributed by atoms with Crippen LogP contribution in [0.25, 0.3) is 0 Å². The second-order valence-electron chi connectivity index (χ2n) is 4.24. The number of rotatable bonds is 3. The summed E-state index contributed by atoms with van der Waals surface area (Å²) >= 11 is 1.03. The van der Waals surface area contributed by atoms with Crippen molar-refractivity contribution >= 4 is 23.5 Å². The molecule has 1 atom stereocenters. The van der Waals surface area contributed by atoms with Gasteiger partial charge in [0.05, 0.1) is 11.7 Å². The summed E-state index contributed by atoms with van der Waals surface area (Å²) in [5.41, 5.74) is 0.583. The van der Waals surface area contributed by atoms with Crippen LogP contribution in [0.3, 0.4) is 0 Å². The molecule has 3 rings (SSSR count). The first-order valence-corrected chi connectivity index (χ1v) is 6.68. The third-order valence-electron chi connectivity index (χ3n) is 2.88. The van der Waals surface area contributed by atoms with Gasteiger partial charge in [-0.1, -0.05) is 9.59 Å². The lowest BCUT2D eigenvalue weighted by Gasteiger charge is -2.02. The van der Waals surface area contributed by atoms with Gasteiger partial charge >= 0.3 is 6.01 Å². The number of anilines is 1. The smallest absolute Gasteiger partial charge is 0.322 e. The van der Waals surface area contributed by atoms with Gasteiger partial charge < -0.3 is 9.73 Å². The van der Waals surface area contributed by atoms with Gasteiger partial charge in [-0.2, -0.15) is 0 Å². The quantitative estimate of drug-likeness (QED) is 0.860. The Balaban J connectivity index is 1.70. The zero-order valence-electron chi connectivity index (χ0n) is 10.2. The number of aromatic nitrogens is 4. The molecule has 0 spiro atoms. The van der Waals surface area contributed by atoms with Gasteiger partial charge in [-0.25, -0.2) is 0 Å². The first-order chi connectivity index (χ1) is 9.24. The number of carbonyl (C=O) groups is 1. The Morgan fingerprint density at radius 1 is 1.47 bits per heavy atom. The van der Waals surface area contributed by atoms with E-state index in [1.54, 1.807) is 6.92 Å². The van der Waals surface area contributed by atoms with Crippen LogP contribution in [-0.2, 0) is 0 Å². The van der Waals surface area contributed by atoms with Crippen molar-refractivity contribution in [2.45, 2.75) is 25.8 Å². The van der Waals surface area contributed by atoms with Crippen molar-refractivity contribution < 1.29 is 9.21 Å². The number of hydrogen-bond acceptors (Lipinski definition) is 8. The molecule has 1 saturated heterocycles. The SMILES string of the molecule is Cc1nnsc1C(=O)Nc1nnc(C2CCCN2)o1. The second kappa shape index (κ2) is 5.02. The normalized spacial score (nSPS) is 18.7. The van der Waals surface area contributed by atoms with E-state index in [2.05, 4.69) is 30.4 Å². The standard InChI is InChI=1S/C10H12N6O2S/c1-5-7(19-16-13-5)8(17)12-10-15-14-9(18-10)6-3-2-4-11-6/h6,11H,2-4H2,1H3,(H,12,15,17). The Hall–Kier alpha value is -1.87. The summed E-state index contributed by atoms with van der Waals surface area (Å²) in [4.78, 5) is 12.3. The van der Waals surface area contributed by atoms with Gasteiger partial charge in [0.25, 0.3) is 5.91 Å². The highest BCUT2D eigenvalue weighted by molar-refractivity contribution is 7.08. The Kier molecular flexibility index (Phi) is 3.22. The van der Waals surface area contributed by atoms with Crippen molar-refractivity contribution in [3.63, 3.8) is 0 Å². The first kappa shape index (κ1) is 12.2. The molecule has 0 aliphatic carbocycles.